The van der Waals surface area contributed by atoms with Crippen LogP contribution in [0, 0.1) is 0 Å². The summed E-state index contributed by atoms with van der Waals surface area (Å²) in [5.74, 6) is -0.272. The molecule has 52 valence electrons. The Kier molecular flexibility index (Phi) is 1.45. The van der Waals surface area contributed by atoms with E-state index in [1.807, 2.05) is 13.8 Å². The normalized spacial score (nSPS) is 25.3. The zero-order valence-corrected chi connectivity index (χ0v) is 5.64. The van der Waals surface area contributed by atoms with Gasteiger partial charge in [-0.05, 0) is 13.8 Å². The highest BCUT2D eigenvalue weighted by molar-refractivity contribution is 5.71. The van der Waals surface area contributed by atoms with E-state index >= 15 is 0 Å². The zero-order chi connectivity index (χ0) is 6.91. The van der Waals surface area contributed by atoms with Crippen LogP contribution in [-0.4, -0.2) is 24.8 Å². The van der Waals surface area contributed by atoms with Crippen LogP contribution in [0.25, 0.3) is 0 Å². The average Bonchev–Trinajstić information content (AvgIpc) is 1.60. The predicted molar refractivity (Wildman–Crippen MR) is 31.0 cm³/mol. The third kappa shape index (κ3) is 1.68. The van der Waals surface area contributed by atoms with Gasteiger partial charge in [-0.1, -0.05) is 0 Å². The molecule has 1 aliphatic rings. The van der Waals surface area contributed by atoms with Gasteiger partial charge in [-0.2, -0.15) is 0 Å². The molecule has 0 amide bonds. The Hall–Kier alpha value is -0.570. The number of hydrogen-bond donors (Lipinski definition) is 0. The van der Waals surface area contributed by atoms with Gasteiger partial charge in [0.2, 0.25) is 0 Å². The lowest BCUT2D eigenvalue weighted by Gasteiger charge is -2.28. The molecular weight excluding hydrogens is 120 g/mol. The summed E-state index contributed by atoms with van der Waals surface area (Å²) < 4.78 is 9.83. The standard InChI is InChI=1S/C6H10O3/c1-6(2)4-8-3-5(7)9-6/h3-4H2,1-2H3. The summed E-state index contributed by atoms with van der Waals surface area (Å²) in [7, 11) is 0. The van der Waals surface area contributed by atoms with Gasteiger partial charge in [0, 0.05) is 0 Å². The highest BCUT2D eigenvalue weighted by atomic mass is 16.6. The van der Waals surface area contributed by atoms with E-state index in [0.29, 0.717) is 6.61 Å². The Labute approximate surface area is 53.9 Å². The Morgan fingerprint density at radius 1 is 1.56 bits per heavy atom. The Morgan fingerprint density at radius 3 is 2.56 bits per heavy atom. The Bertz CT molecular complexity index is 128. The highest BCUT2D eigenvalue weighted by Gasteiger charge is 2.27. The molecular formula is C6H10O3. The fraction of sp³-hybridized carbons (Fsp3) is 0.833. The van der Waals surface area contributed by atoms with Crippen molar-refractivity contribution in [3.05, 3.63) is 0 Å². The van der Waals surface area contributed by atoms with Gasteiger partial charge in [0.05, 0.1) is 6.61 Å². The topological polar surface area (TPSA) is 35.5 Å². The molecule has 0 unspecified atom stereocenters. The molecule has 3 nitrogen and oxygen atoms in total. The van der Waals surface area contributed by atoms with Crippen molar-refractivity contribution in [3.63, 3.8) is 0 Å². The van der Waals surface area contributed by atoms with E-state index in [1.54, 1.807) is 0 Å². The van der Waals surface area contributed by atoms with E-state index < -0.39 is 5.60 Å². The maximum absolute atomic E-state index is 10.5. The second-order valence-electron chi connectivity index (χ2n) is 2.73. The molecule has 0 bridgehead atoms. The summed E-state index contributed by atoms with van der Waals surface area (Å²) in [4.78, 5) is 10.5. The van der Waals surface area contributed by atoms with E-state index in [2.05, 4.69) is 0 Å². The van der Waals surface area contributed by atoms with Crippen molar-refractivity contribution in [2.24, 2.45) is 0 Å². The molecule has 1 heterocycles. The largest absolute Gasteiger partial charge is 0.455 e. The van der Waals surface area contributed by atoms with E-state index in [4.69, 9.17) is 9.47 Å². The first-order chi connectivity index (χ1) is 4.10. The first kappa shape index (κ1) is 6.55. The zero-order valence-electron chi connectivity index (χ0n) is 5.64. The minimum Gasteiger partial charge on any atom is -0.455 e. The van der Waals surface area contributed by atoms with Crippen molar-refractivity contribution in [3.8, 4) is 0 Å². The molecule has 0 N–H and O–H groups in total. The number of rotatable bonds is 0. The average molecular weight is 130 g/mol. The van der Waals surface area contributed by atoms with Gasteiger partial charge in [-0.3, -0.25) is 0 Å². The van der Waals surface area contributed by atoms with Crippen LogP contribution in [0.15, 0.2) is 0 Å². The lowest BCUT2D eigenvalue weighted by molar-refractivity contribution is -0.183. The van der Waals surface area contributed by atoms with Crippen molar-refractivity contribution in [1.29, 1.82) is 0 Å². The third-order valence-corrected chi connectivity index (χ3v) is 1.06. The number of carbonyl (C=O) groups excluding carboxylic acids is 1. The van der Waals surface area contributed by atoms with Gasteiger partial charge >= 0.3 is 5.97 Å². The molecule has 0 spiro atoms. The first-order valence-electron chi connectivity index (χ1n) is 2.90. The van der Waals surface area contributed by atoms with Crippen LogP contribution in [-0.2, 0) is 14.3 Å². The van der Waals surface area contributed by atoms with Crippen LogP contribution in [0.5, 0.6) is 0 Å². The molecule has 0 aromatic carbocycles. The molecule has 0 aromatic rings. The molecule has 1 rings (SSSR count). The maximum atomic E-state index is 10.5. The van der Waals surface area contributed by atoms with Crippen molar-refractivity contribution in [2.75, 3.05) is 13.2 Å². The van der Waals surface area contributed by atoms with Crippen molar-refractivity contribution >= 4 is 5.97 Å². The van der Waals surface area contributed by atoms with Gasteiger partial charge in [0.15, 0.2) is 0 Å². The fourth-order valence-corrected chi connectivity index (χ4v) is 0.747. The fourth-order valence-electron chi connectivity index (χ4n) is 0.747. The molecule has 0 saturated carbocycles. The smallest absolute Gasteiger partial charge is 0.332 e. The second kappa shape index (κ2) is 1.99. The van der Waals surface area contributed by atoms with Crippen LogP contribution in [0.1, 0.15) is 13.8 Å². The Balaban J connectivity index is 2.51. The molecule has 0 atom stereocenters. The second-order valence-corrected chi connectivity index (χ2v) is 2.73. The van der Waals surface area contributed by atoms with Crippen molar-refractivity contribution in [1.82, 2.24) is 0 Å². The monoisotopic (exact) mass is 130 g/mol. The summed E-state index contributed by atoms with van der Waals surface area (Å²) in [5.41, 5.74) is -0.421. The molecule has 1 saturated heterocycles. The molecule has 0 aliphatic carbocycles. The van der Waals surface area contributed by atoms with Crippen LogP contribution in [0.4, 0.5) is 0 Å². The van der Waals surface area contributed by atoms with E-state index in [-0.39, 0.29) is 12.6 Å². The van der Waals surface area contributed by atoms with Crippen molar-refractivity contribution < 1.29 is 14.3 Å². The number of carbonyl (C=O) groups is 1. The highest BCUT2D eigenvalue weighted by Crippen LogP contribution is 2.13. The lowest BCUT2D eigenvalue weighted by Crippen LogP contribution is -2.40. The van der Waals surface area contributed by atoms with Crippen LogP contribution in [0.2, 0.25) is 0 Å². The minimum absolute atomic E-state index is 0.101. The number of ether oxygens (including phenoxy) is 2. The number of hydrogen-bond acceptors (Lipinski definition) is 3. The number of cyclic esters (lactones) is 1. The van der Waals surface area contributed by atoms with Gasteiger partial charge < -0.3 is 9.47 Å². The molecule has 1 fully saturated rings. The molecule has 0 aromatic heterocycles. The van der Waals surface area contributed by atoms with Gasteiger partial charge in [0.1, 0.15) is 12.2 Å². The van der Waals surface area contributed by atoms with Gasteiger partial charge in [-0.15, -0.1) is 0 Å². The van der Waals surface area contributed by atoms with E-state index in [1.165, 1.54) is 0 Å². The lowest BCUT2D eigenvalue weighted by atomic mass is 10.1. The van der Waals surface area contributed by atoms with Gasteiger partial charge in [0.25, 0.3) is 0 Å². The molecule has 1 aliphatic heterocycles. The maximum Gasteiger partial charge on any atom is 0.332 e. The summed E-state index contributed by atoms with van der Waals surface area (Å²) >= 11 is 0. The van der Waals surface area contributed by atoms with E-state index in [0.717, 1.165) is 0 Å². The summed E-state index contributed by atoms with van der Waals surface area (Å²) in [6.45, 7) is 4.25. The summed E-state index contributed by atoms with van der Waals surface area (Å²) in [6, 6.07) is 0. The number of esters is 1. The third-order valence-electron chi connectivity index (χ3n) is 1.06. The summed E-state index contributed by atoms with van der Waals surface area (Å²) in [6.07, 6.45) is 0. The quantitative estimate of drug-likeness (QED) is 0.443. The predicted octanol–water partition coefficient (Wildman–Crippen LogP) is 0.338. The van der Waals surface area contributed by atoms with Crippen LogP contribution >= 0.6 is 0 Å². The molecule has 9 heavy (non-hydrogen) atoms. The molecule has 3 heteroatoms. The Morgan fingerprint density at radius 2 is 2.22 bits per heavy atom. The van der Waals surface area contributed by atoms with Crippen LogP contribution < -0.4 is 0 Å². The van der Waals surface area contributed by atoms with Gasteiger partial charge in [-0.25, -0.2) is 4.79 Å². The van der Waals surface area contributed by atoms with E-state index in [9.17, 15) is 4.79 Å². The van der Waals surface area contributed by atoms with Crippen molar-refractivity contribution in [2.45, 2.75) is 19.4 Å². The SMILES string of the molecule is CC1(C)COCC(=O)O1. The molecule has 0 radical (unpaired) electrons. The minimum atomic E-state index is -0.421. The van der Waals surface area contributed by atoms with Crippen LogP contribution in [0.3, 0.4) is 0 Å². The summed E-state index contributed by atoms with van der Waals surface area (Å²) in [5, 5.41) is 0. The first-order valence-corrected chi connectivity index (χ1v) is 2.90.